The van der Waals surface area contributed by atoms with Crippen molar-refractivity contribution in [1.82, 2.24) is 30.7 Å². The minimum atomic E-state index is -1.43. The Bertz CT molecular complexity index is 1770. The molecule has 2 aromatic rings. The number of aryl methyl sites for hydroxylation is 1. The first kappa shape index (κ1) is 39.2. The Hall–Kier alpha value is -5.47. The number of piperidine rings is 1. The van der Waals surface area contributed by atoms with Crippen LogP contribution in [0.3, 0.4) is 0 Å². The van der Waals surface area contributed by atoms with E-state index in [0.29, 0.717) is 50.8 Å². The van der Waals surface area contributed by atoms with Gasteiger partial charge in [0.1, 0.15) is 42.9 Å². The summed E-state index contributed by atoms with van der Waals surface area (Å²) in [5.41, 5.74) is 2.27. The molecular weight excluding hydrogens is 706 g/mol. The van der Waals surface area contributed by atoms with Crippen molar-refractivity contribution >= 4 is 47.2 Å². The molecule has 7 atom stereocenters. The van der Waals surface area contributed by atoms with Crippen LogP contribution in [-0.2, 0) is 39.9 Å². The third-order valence-electron chi connectivity index (χ3n) is 10.9. The van der Waals surface area contributed by atoms with Gasteiger partial charge in [0.05, 0.1) is 0 Å². The minimum Gasteiger partial charge on any atom is -0.461 e. The fourth-order valence-electron chi connectivity index (χ4n) is 8.01. The molecule has 0 aromatic heterocycles. The number of nitrogens with one attached hydrogen (secondary N) is 4. The van der Waals surface area contributed by atoms with E-state index < -0.39 is 78.5 Å². The number of benzene rings is 2. The van der Waals surface area contributed by atoms with E-state index in [0.717, 1.165) is 11.1 Å². The molecule has 7 amide bonds. The first-order chi connectivity index (χ1) is 26.4. The highest BCUT2D eigenvalue weighted by atomic mass is 16.5. The number of ether oxygens (including phenoxy) is 1. The molecule has 0 saturated carbocycles. The predicted octanol–water partition coefficient (Wildman–Crippen LogP) is 1.88. The quantitative estimate of drug-likeness (QED) is 0.322. The van der Waals surface area contributed by atoms with Crippen LogP contribution in [0.4, 0.5) is 10.5 Å². The molecule has 4 fully saturated rings. The zero-order valence-corrected chi connectivity index (χ0v) is 31.6. The topological polar surface area (TPSA) is 187 Å². The van der Waals surface area contributed by atoms with Gasteiger partial charge in [0.2, 0.25) is 29.5 Å². The van der Waals surface area contributed by atoms with E-state index in [1.807, 2.05) is 44.2 Å². The van der Waals surface area contributed by atoms with Crippen LogP contribution >= 0.6 is 0 Å². The van der Waals surface area contributed by atoms with Crippen molar-refractivity contribution < 1.29 is 38.3 Å². The number of esters is 1. The Morgan fingerprint density at radius 2 is 1.51 bits per heavy atom. The van der Waals surface area contributed by atoms with Crippen molar-refractivity contribution in [2.75, 3.05) is 31.6 Å². The Kier molecular flexibility index (Phi) is 12.4. The Morgan fingerprint density at radius 3 is 2.25 bits per heavy atom. The standard InChI is InChI=1S/C40H51N7O8/c1-24-14-16-28(17-15-24)42-40(54)44-29(21-27-10-5-4-6-11-27)34(48)43-30-23-55-39(53)33-20-25(2)22-47(33)36(50)26(3)41-35(49)31-12-7-8-18-45(31)38(52)32-13-9-19-46(32)37(30)51/h4-6,10-11,14-17,25-26,29-33H,7-9,12-13,18-23H2,1-3H3,(H,41,49)(H,43,48)(H2,42,44,54)/t25-,26+,29+,30+,31+,32+,33+/m1/s1. The van der Waals surface area contributed by atoms with Crippen molar-refractivity contribution in [2.24, 2.45) is 5.92 Å². The molecule has 4 aliphatic heterocycles. The zero-order valence-electron chi connectivity index (χ0n) is 31.6. The smallest absolute Gasteiger partial charge is 0.328 e. The molecule has 0 unspecified atom stereocenters. The highest BCUT2D eigenvalue weighted by Gasteiger charge is 2.46. The maximum atomic E-state index is 14.5. The van der Waals surface area contributed by atoms with Crippen LogP contribution in [0.2, 0.25) is 0 Å². The number of fused-ring (bicyclic) bond motifs is 3. The van der Waals surface area contributed by atoms with Gasteiger partial charge < -0.3 is 40.7 Å². The second kappa shape index (κ2) is 17.3. The molecule has 15 nitrogen and oxygen atoms in total. The van der Waals surface area contributed by atoms with Gasteiger partial charge in [-0.15, -0.1) is 0 Å². The van der Waals surface area contributed by atoms with E-state index in [-0.39, 0.29) is 31.3 Å². The first-order valence-electron chi connectivity index (χ1n) is 19.3. The monoisotopic (exact) mass is 757 g/mol. The molecule has 294 valence electrons. The largest absolute Gasteiger partial charge is 0.461 e. The van der Waals surface area contributed by atoms with Crippen LogP contribution in [-0.4, -0.2) is 119 Å². The molecule has 0 radical (unpaired) electrons. The van der Waals surface area contributed by atoms with Crippen molar-refractivity contribution in [1.29, 1.82) is 0 Å². The van der Waals surface area contributed by atoms with Crippen LogP contribution in [0.25, 0.3) is 0 Å². The molecule has 0 bridgehead atoms. The number of urea groups is 1. The predicted molar refractivity (Wildman–Crippen MR) is 201 cm³/mol. The molecule has 0 aliphatic carbocycles. The number of rotatable bonds is 6. The number of hydrogen-bond acceptors (Lipinski definition) is 8. The molecule has 55 heavy (non-hydrogen) atoms. The summed E-state index contributed by atoms with van der Waals surface area (Å²) in [5.74, 6) is -3.44. The van der Waals surface area contributed by atoms with Gasteiger partial charge in [-0.05, 0) is 76.0 Å². The average Bonchev–Trinajstić information content (AvgIpc) is 3.83. The molecule has 2 aromatic carbocycles. The molecule has 15 heteroatoms. The third kappa shape index (κ3) is 9.26. The van der Waals surface area contributed by atoms with Crippen LogP contribution in [0.5, 0.6) is 0 Å². The maximum absolute atomic E-state index is 14.5. The lowest BCUT2D eigenvalue weighted by Gasteiger charge is -2.39. The van der Waals surface area contributed by atoms with E-state index in [1.165, 1.54) is 14.7 Å². The van der Waals surface area contributed by atoms with Crippen LogP contribution in [0.15, 0.2) is 54.6 Å². The van der Waals surface area contributed by atoms with Crippen molar-refractivity contribution in [2.45, 2.75) is 102 Å². The molecule has 4 heterocycles. The molecule has 4 N–H and O–H groups in total. The van der Waals surface area contributed by atoms with Gasteiger partial charge in [-0.3, -0.25) is 24.0 Å². The molecular formula is C40H51N7O8. The fourth-order valence-corrected chi connectivity index (χ4v) is 8.01. The van der Waals surface area contributed by atoms with Gasteiger partial charge in [0.15, 0.2) is 0 Å². The van der Waals surface area contributed by atoms with Gasteiger partial charge in [0, 0.05) is 31.7 Å². The number of hydrogen-bond donors (Lipinski definition) is 4. The summed E-state index contributed by atoms with van der Waals surface area (Å²) in [5, 5.41) is 11.0. The Labute approximate surface area is 320 Å². The SMILES string of the molecule is Cc1ccc(NC(=O)N[C@@H](Cc2ccccc2)C(=O)N[C@H]2COC(=O)[C@@H]3C[C@@H](C)CN3C(=O)[C@H](C)NC(=O)[C@@H]3CCCCN3C(=O)[C@@H]3CCCN3C2=O)cc1. The van der Waals surface area contributed by atoms with Crippen molar-refractivity contribution in [3.63, 3.8) is 0 Å². The summed E-state index contributed by atoms with van der Waals surface area (Å²) in [6.45, 7) is 5.61. The average molecular weight is 758 g/mol. The number of anilines is 1. The summed E-state index contributed by atoms with van der Waals surface area (Å²) in [6, 6.07) is 9.31. The van der Waals surface area contributed by atoms with Gasteiger partial charge in [0.25, 0.3) is 0 Å². The number of carbonyl (C=O) groups is 7. The zero-order chi connectivity index (χ0) is 39.2. The van der Waals surface area contributed by atoms with E-state index in [9.17, 15) is 33.6 Å². The van der Waals surface area contributed by atoms with E-state index >= 15 is 0 Å². The lowest BCUT2D eigenvalue weighted by Crippen LogP contribution is -2.62. The fraction of sp³-hybridized carbons (Fsp3) is 0.525. The second-order valence-corrected chi connectivity index (χ2v) is 15.2. The highest BCUT2D eigenvalue weighted by molar-refractivity contribution is 5.98. The molecule has 4 aliphatic rings. The lowest BCUT2D eigenvalue weighted by molar-refractivity contribution is -0.158. The van der Waals surface area contributed by atoms with E-state index in [1.54, 1.807) is 31.2 Å². The van der Waals surface area contributed by atoms with E-state index in [2.05, 4.69) is 21.3 Å². The molecule has 0 spiro atoms. The van der Waals surface area contributed by atoms with Gasteiger partial charge >= 0.3 is 12.0 Å². The number of amides is 7. The Balaban J connectivity index is 1.29. The highest BCUT2D eigenvalue weighted by Crippen LogP contribution is 2.28. The summed E-state index contributed by atoms with van der Waals surface area (Å²) >= 11 is 0. The van der Waals surface area contributed by atoms with Gasteiger partial charge in [-0.2, -0.15) is 0 Å². The third-order valence-corrected chi connectivity index (χ3v) is 10.9. The molecule has 4 saturated heterocycles. The number of carbonyl (C=O) groups excluding carboxylic acids is 7. The van der Waals surface area contributed by atoms with Crippen molar-refractivity contribution in [3.8, 4) is 0 Å². The second-order valence-electron chi connectivity index (χ2n) is 15.2. The maximum Gasteiger partial charge on any atom is 0.328 e. The number of cyclic esters (lactones) is 1. The van der Waals surface area contributed by atoms with Crippen molar-refractivity contribution in [3.05, 3.63) is 65.7 Å². The van der Waals surface area contributed by atoms with Gasteiger partial charge in [-0.1, -0.05) is 55.0 Å². The summed E-state index contributed by atoms with van der Waals surface area (Å²) in [7, 11) is 0. The normalized spacial score (nSPS) is 27.0. The summed E-state index contributed by atoms with van der Waals surface area (Å²) in [6.07, 6.45) is 3.04. The first-order valence-corrected chi connectivity index (χ1v) is 19.3. The Morgan fingerprint density at radius 1 is 0.818 bits per heavy atom. The molecule has 6 rings (SSSR count). The van der Waals surface area contributed by atoms with Crippen LogP contribution in [0.1, 0.15) is 63.5 Å². The lowest BCUT2D eigenvalue weighted by atomic mass is 9.99. The van der Waals surface area contributed by atoms with Crippen LogP contribution < -0.4 is 21.3 Å². The summed E-state index contributed by atoms with van der Waals surface area (Å²) < 4.78 is 5.75. The van der Waals surface area contributed by atoms with Crippen LogP contribution in [0, 0.1) is 12.8 Å². The van der Waals surface area contributed by atoms with E-state index in [4.69, 9.17) is 4.74 Å². The summed E-state index contributed by atoms with van der Waals surface area (Å²) in [4.78, 5) is 101. The van der Waals surface area contributed by atoms with Gasteiger partial charge in [-0.25, -0.2) is 9.59 Å². The number of nitrogens with zero attached hydrogens (tertiary/aromatic N) is 3. The minimum absolute atomic E-state index is 0.0451.